The number of aryl methyl sites for hydroxylation is 1. The van der Waals surface area contributed by atoms with Gasteiger partial charge in [-0.2, -0.15) is 0 Å². The zero-order valence-corrected chi connectivity index (χ0v) is 11.4. The van der Waals surface area contributed by atoms with E-state index in [2.05, 4.69) is 0 Å². The molecule has 0 aliphatic rings. The number of rotatable bonds is 5. The molecule has 0 aromatic heterocycles. The fraction of sp³-hybridized carbons (Fsp3) is 0.385. The molecule has 0 aliphatic heterocycles. The van der Waals surface area contributed by atoms with E-state index in [0.29, 0.717) is 24.5 Å². The van der Waals surface area contributed by atoms with Crippen molar-refractivity contribution in [1.29, 1.82) is 0 Å². The first kappa shape index (κ1) is 14.6. The number of nitrogens with two attached hydrogens (primary N) is 1. The molecule has 0 saturated heterocycles. The van der Waals surface area contributed by atoms with Gasteiger partial charge in [0.15, 0.2) is 0 Å². The zero-order chi connectivity index (χ0) is 13.7. The van der Waals surface area contributed by atoms with Crippen molar-refractivity contribution < 1.29 is 9.18 Å². The Hall–Kier alpha value is -1.49. The molecular formula is C13H17FN2OS. The molecular weight excluding hydrogens is 251 g/mol. The highest BCUT2D eigenvalue weighted by molar-refractivity contribution is 7.80. The van der Waals surface area contributed by atoms with Crippen LogP contribution in [0.2, 0.25) is 0 Å². The molecule has 0 heterocycles. The minimum Gasteiger partial charge on any atom is -0.393 e. The van der Waals surface area contributed by atoms with Crippen molar-refractivity contribution in [3.8, 4) is 0 Å². The third-order valence-corrected chi connectivity index (χ3v) is 2.86. The third kappa shape index (κ3) is 3.77. The minimum atomic E-state index is -0.492. The number of carbonyl (C=O) groups excluding carboxylic acids is 1. The molecule has 0 unspecified atom stereocenters. The number of thiocarbonyl (C=S) groups is 1. The molecule has 5 heteroatoms. The van der Waals surface area contributed by atoms with Crippen LogP contribution in [0.5, 0.6) is 0 Å². The number of hydrogen-bond acceptors (Lipinski definition) is 2. The Balaban J connectivity index is 2.86. The average Bonchev–Trinajstić information content (AvgIpc) is 2.29. The van der Waals surface area contributed by atoms with Gasteiger partial charge in [0.05, 0.1) is 10.6 Å². The lowest BCUT2D eigenvalue weighted by Crippen LogP contribution is -2.34. The third-order valence-electron chi connectivity index (χ3n) is 2.65. The van der Waals surface area contributed by atoms with Gasteiger partial charge in [-0.3, -0.25) is 4.79 Å². The summed E-state index contributed by atoms with van der Waals surface area (Å²) in [4.78, 5) is 14.0. The Morgan fingerprint density at radius 1 is 1.50 bits per heavy atom. The molecule has 1 aromatic carbocycles. The maximum absolute atomic E-state index is 13.7. The van der Waals surface area contributed by atoms with Crippen LogP contribution in [0, 0.1) is 12.7 Å². The first-order valence-corrected chi connectivity index (χ1v) is 6.20. The molecule has 1 rings (SSSR count). The van der Waals surface area contributed by atoms with Crippen molar-refractivity contribution in [2.24, 2.45) is 5.73 Å². The second kappa shape index (κ2) is 6.44. The summed E-state index contributed by atoms with van der Waals surface area (Å²) in [6.07, 6.45) is 0.447. The van der Waals surface area contributed by atoms with Crippen molar-refractivity contribution >= 4 is 23.1 Å². The summed E-state index contributed by atoms with van der Waals surface area (Å²) in [6, 6.07) is 4.59. The van der Waals surface area contributed by atoms with Crippen LogP contribution in [0.15, 0.2) is 18.2 Å². The highest BCUT2D eigenvalue weighted by atomic mass is 32.1. The Morgan fingerprint density at radius 2 is 2.17 bits per heavy atom. The molecule has 0 bridgehead atoms. The van der Waals surface area contributed by atoms with Gasteiger partial charge in [-0.25, -0.2) is 4.39 Å². The lowest BCUT2D eigenvalue weighted by molar-refractivity contribution is 0.0764. The van der Waals surface area contributed by atoms with Gasteiger partial charge in [0.25, 0.3) is 5.91 Å². The Labute approximate surface area is 112 Å². The summed E-state index contributed by atoms with van der Waals surface area (Å²) in [5.74, 6) is -0.819. The molecule has 3 nitrogen and oxygen atoms in total. The maximum Gasteiger partial charge on any atom is 0.256 e. The number of benzene rings is 1. The van der Waals surface area contributed by atoms with E-state index < -0.39 is 5.82 Å². The van der Waals surface area contributed by atoms with Gasteiger partial charge in [0.2, 0.25) is 0 Å². The minimum absolute atomic E-state index is 0.0883. The van der Waals surface area contributed by atoms with Crippen molar-refractivity contribution in [2.45, 2.75) is 20.3 Å². The fourth-order valence-electron chi connectivity index (χ4n) is 1.61. The molecule has 2 N–H and O–H groups in total. The van der Waals surface area contributed by atoms with Crippen LogP contribution in [0.1, 0.15) is 29.3 Å². The summed E-state index contributed by atoms with van der Waals surface area (Å²) < 4.78 is 13.7. The molecule has 0 radical (unpaired) electrons. The van der Waals surface area contributed by atoms with Crippen LogP contribution >= 0.6 is 12.2 Å². The molecule has 98 valence electrons. The lowest BCUT2D eigenvalue weighted by atomic mass is 10.1. The summed E-state index contributed by atoms with van der Waals surface area (Å²) in [5, 5.41) is 0. The van der Waals surface area contributed by atoms with Crippen molar-refractivity contribution in [3.05, 3.63) is 35.1 Å². The zero-order valence-electron chi connectivity index (χ0n) is 10.6. The SMILES string of the molecule is CCN(CCC(N)=S)C(=O)c1ccc(C)cc1F. The molecule has 1 amide bonds. The van der Waals surface area contributed by atoms with E-state index >= 15 is 0 Å². The summed E-state index contributed by atoms with van der Waals surface area (Å²) in [6.45, 7) is 4.53. The first-order chi connectivity index (χ1) is 8.45. The Kier molecular flexibility index (Phi) is 5.22. The molecule has 0 aliphatic carbocycles. The van der Waals surface area contributed by atoms with Crippen LogP contribution in [-0.2, 0) is 0 Å². The predicted molar refractivity (Wildman–Crippen MR) is 74.1 cm³/mol. The summed E-state index contributed by atoms with van der Waals surface area (Å²) in [7, 11) is 0. The Bertz CT molecular complexity index is 462. The predicted octanol–water partition coefficient (Wildman–Crippen LogP) is 2.27. The largest absolute Gasteiger partial charge is 0.393 e. The van der Waals surface area contributed by atoms with E-state index in [1.54, 1.807) is 13.0 Å². The Morgan fingerprint density at radius 3 is 2.67 bits per heavy atom. The van der Waals surface area contributed by atoms with Crippen LogP contribution in [-0.4, -0.2) is 28.9 Å². The molecule has 0 spiro atoms. The van der Waals surface area contributed by atoms with Crippen molar-refractivity contribution in [1.82, 2.24) is 4.90 Å². The highest BCUT2D eigenvalue weighted by Gasteiger charge is 2.17. The second-order valence-electron chi connectivity index (χ2n) is 4.08. The second-order valence-corrected chi connectivity index (χ2v) is 4.61. The quantitative estimate of drug-likeness (QED) is 0.833. The van der Waals surface area contributed by atoms with Crippen molar-refractivity contribution in [3.63, 3.8) is 0 Å². The molecule has 0 atom stereocenters. The van der Waals surface area contributed by atoms with Crippen LogP contribution in [0.3, 0.4) is 0 Å². The molecule has 0 saturated carbocycles. The first-order valence-electron chi connectivity index (χ1n) is 5.79. The van der Waals surface area contributed by atoms with Crippen LogP contribution in [0.25, 0.3) is 0 Å². The lowest BCUT2D eigenvalue weighted by Gasteiger charge is -2.21. The van der Waals surface area contributed by atoms with Gasteiger partial charge in [0, 0.05) is 19.5 Å². The normalized spacial score (nSPS) is 10.2. The van der Waals surface area contributed by atoms with E-state index in [4.69, 9.17) is 18.0 Å². The number of nitrogens with zero attached hydrogens (tertiary/aromatic N) is 1. The number of carbonyl (C=O) groups is 1. The van der Waals surface area contributed by atoms with Gasteiger partial charge in [-0.05, 0) is 31.5 Å². The standard InChI is InChI=1S/C13H17FN2OS/c1-3-16(7-6-12(15)18)13(17)10-5-4-9(2)8-11(10)14/h4-5,8H,3,6-7H2,1-2H3,(H2,15,18). The van der Waals surface area contributed by atoms with Crippen molar-refractivity contribution in [2.75, 3.05) is 13.1 Å². The monoisotopic (exact) mass is 268 g/mol. The maximum atomic E-state index is 13.7. The fourth-order valence-corrected chi connectivity index (χ4v) is 1.70. The van der Waals surface area contributed by atoms with E-state index in [1.807, 2.05) is 6.92 Å². The van der Waals surface area contributed by atoms with Gasteiger partial charge in [0.1, 0.15) is 5.82 Å². The number of halogens is 1. The van der Waals surface area contributed by atoms with Crippen LogP contribution < -0.4 is 5.73 Å². The van der Waals surface area contributed by atoms with E-state index in [9.17, 15) is 9.18 Å². The van der Waals surface area contributed by atoms with E-state index in [0.717, 1.165) is 5.56 Å². The van der Waals surface area contributed by atoms with Gasteiger partial charge in [-0.15, -0.1) is 0 Å². The van der Waals surface area contributed by atoms with Gasteiger partial charge in [-0.1, -0.05) is 18.3 Å². The summed E-state index contributed by atoms with van der Waals surface area (Å²) in [5.41, 5.74) is 6.28. The smallest absolute Gasteiger partial charge is 0.256 e. The number of amides is 1. The van der Waals surface area contributed by atoms with E-state index in [1.165, 1.54) is 17.0 Å². The van der Waals surface area contributed by atoms with Crippen LogP contribution in [0.4, 0.5) is 4.39 Å². The summed E-state index contributed by atoms with van der Waals surface area (Å²) >= 11 is 4.77. The van der Waals surface area contributed by atoms with E-state index in [-0.39, 0.29) is 11.5 Å². The molecule has 0 fully saturated rings. The molecule has 18 heavy (non-hydrogen) atoms. The molecule has 1 aromatic rings. The topological polar surface area (TPSA) is 46.3 Å². The highest BCUT2D eigenvalue weighted by Crippen LogP contribution is 2.12. The van der Waals surface area contributed by atoms with Gasteiger partial charge < -0.3 is 10.6 Å². The average molecular weight is 268 g/mol. The van der Waals surface area contributed by atoms with Gasteiger partial charge >= 0.3 is 0 Å². The number of hydrogen-bond donors (Lipinski definition) is 1.